The Morgan fingerprint density at radius 1 is 0.966 bits per heavy atom. The first-order chi connectivity index (χ1) is 14.2. The SMILES string of the molecule is COc1cc2c(cc1OC)C(COc1ccccc1OC)N(C(=O)C1CC1)CC2. The van der Waals surface area contributed by atoms with Crippen LogP contribution in [-0.2, 0) is 11.2 Å². The third-order valence-electron chi connectivity index (χ3n) is 5.68. The molecule has 0 spiro atoms. The number of rotatable bonds is 7. The Kier molecular flexibility index (Phi) is 5.51. The van der Waals surface area contributed by atoms with Gasteiger partial charge < -0.3 is 23.8 Å². The summed E-state index contributed by atoms with van der Waals surface area (Å²) >= 11 is 0. The zero-order valence-corrected chi connectivity index (χ0v) is 17.1. The maximum atomic E-state index is 13.0. The van der Waals surface area contributed by atoms with Crippen LogP contribution in [0.4, 0.5) is 0 Å². The maximum Gasteiger partial charge on any atom is 0.226 e. The summed E-state index contributed by atoms with van der Waals surface area (Å²) in [6.45, 7) is 1.03. The van der Waals surface area contributed by atoms with Crippen molar-refractivity contribution in [2.75, 3.05) is 34.5 Å². The lowest BCUT2D eigenvalue weighted by molar-refractivity contribution is -0.136. The van der Waals surface area contributed by atoms with Gasteiger partial charge in [0.05, 0.1) is 27.4 Å². The van der Waals surface area contributed by atoms with Gasteiger partial charge in [-0.2, -0.15) is 0 Å². The van der Waals surface area contributed by atoms with Crippen molar-refractivity contribution in [2.45, 2.75) is 25.3 Å². The lowest BCUT2D eigenvalue weighted by Crippen LogP contribution is -2.43. The van der Waals surface area contributed by atoms with Crippen LogP contribution in [0.3, 0.4) is 0 Å². The molecule has 1 amide bonds. The molecule has 0 bridgehead atoms. The normalized spacial score (nSPS) is 18.0. The fourth-order valence-corrected chi connectivity index (χ4v) is 3.94. The zero-order valence-electron chi connectivity index (χ0n) is 17.1. The molecule has 0 aromatic heterocycles. The summed E-state index contributed by atoms with van der Waals surface area (Å²) in [5.41, 5.74) is 2.22. The molecule has 1 unspecified atom stereocenters. The summed E-state index contributed by atoms with van der Waals surface area (Å²) in [6.07, 6.45) is 2.75. The molecular weight excluding hydrogens is 370 g/mol. The molecule has 6 heteroatoms. The number of hydrogen-bond acceptors (Lipinski definition) is 5. The first-order valence-electron chi connectivity index (χ1n) is 9.97. The Morgan fingerprint density at radius 2 is 1.62 bits per heavy atom. The van der Waals surface area contributed by atoms with Crippen molar-refractivity contribution in [3.8, 4) is 23.0 Å². The van der Waals surface area contributed by atoms with E-state index in [2.05, 4.69) is 0 Å². The molecule has 6 nitrogen and oxygen atoms in total. The number of benzene rings is 2. The fraction of sp³-hybridized carbons (Fsp3) is 0.435. The lowest BCUT2D eigenvalue weighted by Gasteiger charge is -2.38. The van der Waals surface area contributed by atoms with Crippen LogP contribution >= 0.6 is 0 Å². The summed E-state index contributed by atoms with van der Waals surface area (Å²) in [5, 5.41) is 0. The van der Waals surface area contributed by atoms with Crippen molar-refractivity contribution >= 4 is 5.91 Å². The van der Waals surface area contributed by atoms with Crippen LogP contribution in [-0.4, -0.2) is 45.3 Å². The topological polar surface area (TPSA) is 57.2 Å². The van der Waals surface area contributed by atoms with Crippen LogP contribution in [0.15, 0.2) is 36.4 Å². The molecule has 2 aliphatic rings. The van der Waals surface area contributed by atoms with Gasteiger partial charge in [-0.1, -0.05) is 12.1 Å². The maximum absolute atomic E-state index is 13.0. The number of amides is 1. The van der Waals surface area contributed by atoms with E-state index < -0.39 is 0 Å². The minimum absolute atomic E-state index is 0.158. The van der Waals surface area contributed by atoms with E-state index in [1.807, 2.05) is 41.3 Å². The van der Waals surface area contributed by atoms with Crippen molar-refractivity contribution in [1.29, 1.82) is 0 Å². The zero-order chi connectivity index (χ0) is 20.4. The Morgan fingerprint density at radius 3 is 2.28 bits per heavy atom. The predicted molar refractivity (Wildman–Crippen MR) is 109 cm³/mol. The summed E-state index contributed by atoms with van der Waals surface area (Å²) in [7, 11) is 4.89. The second kappa shape index (κ2) is 8.23. The van der Waals surface area contributed by atoms with Gasteiger partial charge in [-0.3, -0.25) is 4.79 Å². The second-order valence-corrected chi connectivity index (χ2v) is 7.44. The van der Waals surface area contributed by atoms with E-state index in [0.29, 0.717) is 36.1 Å². The van der Waals surface area contributed by atoms with Crippen molar-refractivity contribution in [2.24, 2.45) is 5.92 Å². The van der Waals surface area contributed by atoms with Crippen LogP contribution in [0.2, 0.25) is 0 Å². The van der Waals surface area contributed by atoms with Crippen LogP contribution in [0.1, 0.15) is 30.0 Å². The van der Waals surface area contributed by atoms with E-state index in [1.54, 1.807) is 21.3 Å². The smallest absolute Gasteiger partial charge is 0.226 e. The van der Waals surface area contributed by atoms with Gasteiger partial charge in [0.25, 0.3) is 0 Å². The second-order valence-electron chi connectivity index (χ2n) is 7.44. The van der Waals surface area contributed by atoms with Gasteiger partial charge in [0.1, 0.15) is 6.61 Å². The predicted octanol–water partition coefficient (Wildman–Crippen LogP) is 3.63. The Labute approximate surface area is 171 Å². The molecule has 29 heavy (non-hydrogen) atoms. The summed E-state index contributed by atoms with van der Waals surface area (Å²) in [4.78, 5) is 15.0. The molecule has 1 heterocycles. The molecule has 0 N–H and O–H groups in total. The van der Waals surface area contributed by atoms with Crippen molar-refractivity contribution in [1.82, 2.24) is 4.90 Å². The van der Waals surface area contributed by atoms with Crippen LogP contribution in [0.5, 0.6) is 23.0 Å². The van der Waals surface area contributed by atoms with Gasteiger partial charge in [-0.15, -0.1) is 0 Å². The first kappa shape index (κ1) is 19.4. The number of carbonyl (C=O) groups excluding carboxylic acids is 1. The third kappa shape index (κ3) is 3.84. The van der Waals surface area contributed by atoms with Gasteiger partial charge >= 0.3 is 0 Å². The number of hydrogen-bond donors (Lipinski definition) is 0. The van der Waals surface area contributed by atoms with Crippen molar-refractivity contribution in [3.63, 3.8) is 0 Å². The molecule has 2 aromatic carbocycles. The highest BCUT2D eigenvalue weighted by molar-refractivity contribution is 5.82. The van der Waals surface area contributed by atoms with Gasteiger partial charge in [0, 0.05) is 12.5 Å². The first-order valence-corrected chi connectivity index (χ1v) is 9.97. The molecule has 0 saturated heterocycles. The minimum Gasteiger partial charge on any atom is -0.493 e. The van der Waals surface area contributed by atoms with E-state index in [1.165, 1.54) is 0 Å². The summed E-state index contributed by atoms with van der Waals surface area (Å²) < 4.78 is 22.5. The number of methoxy groups -OCH3 is 3. The molecule has 154 valence electrons. The van der Waals surface area contributed by atoms with Gasteiger partial charge in [-0.05, 0) is 54.7 Å². The average molecular weight is 397 g/mol. The number of fused-ring (bicyclic) bond motifs is 1. The molecule has 1 aliphatic heterocycles. The van der Waals surface area contributed by atoms with Crippen LogP contribution in [0.25, 0.3) is 0 Å². The summed E-state index contributed by atoms with van der Waals surface area (Å²) in [5.74, 6) is 3.09. The van der Waals surface area contributed by atoms with Crippen molar-refractivity contribution in [3.05, 3.63) is 47.5 Å². The monoisotopic (exact) mass is 397 g/mol. The quantitative estimate of drug-likeness (QED) is 0.714. The van der Waals surface area contributed by atoms with Gasteiger partial charge in [-0.25, -0.2) is 0 Å². The molecule has 2 aromatic rings. The minimum atomic E-state index is -0.184. The number of nitrogens with zero attached hydrogens (tertiary/aromatic N) is 1. The number of ether oxygens (including phenoxy) is 4. The molecule has 1 saturated carbocycles. The molecule has 1 atom stereocenters. The fourth-order valence-electron chi connectivity index (χ4n) is 3.94. The van der Waals surface area contributed by atoms with E-state index in [9.17, 15) is 4.79 Å². The Hall–Kier alpha value is -2.89. The molecule has 4 rings (SSSR count). The van der Waals surface area contributed by atoms with E-state index in [4.69, 9.17) is 18.9 Å². The Bertz CT molecular complexity index is 893. The molecular formula is C23H27NO5. The van der Waals surface area contributed by atoms with E-state index >= 15 is 0 Å². The molecule has 1 fully saturated rings. The van der Waals surface area contributed by atoms with Crippen LogP contribution < -0.4 is 18.9 Å². The number of para-hydroxylation sites is 2. The third-order valence-corrected chi connectivity index (χ3v) is 5.68. The number of carbonyl (C=O) groups is 1. The highest BCUT2D eigenvalue weighted by atomic mass is 16.5. The van der Waals surface area contributed by atoms with Crippen LogP contribution in [0, 0.1) is 5.92 Å². The molecule has 0 radical (unpaired) electrons. The van der Waals surface area contributed by atoms with E-state index in [-0.39, 0.29) is 17.9 Å². The highest BCUT2D eigenvalue weighted by Gasteiger charge is 2.39. The van der Waals surface area contributed by atoms with E-state index in [0.717, 1.165) is 30.4 Å². The largest absolute Gasteiger partial charge is 0.493 e. The molecule has 1 aliphatic carbocycles. The van der Waals surface area contributed by atoms with Gasteiger partial charge in [0.15, 0.2) is 23.0 Å². The van der Waals surface area contributed by atoms with Gasteiger partial charge in [0.2, 0.25) is 5.91 Å². The Balaban J connectivity index is 1.67. The highest BCUT2D eigenvalue weighted by Crippen LogP contribution is 2.41. The van der Waals surface area contributed by atoms with Crippen molar-refractivity contribution < 1.29 is 23.7 Å². The average Bonchev–Trinajstić information content (AvgIpc) is 3.61. The lowest BCUT2D eigenvalue weighted by atomic mass is 9.91. The standard InChI is InChI=1S/C23H27NO5/c1-26-19-6-4-5-7-20(19)29-14-18-17-13-22(28-3)21(27-2)12-16(17)10-11-24(18)23(25)15-8-9-15/h4-7,12-13,15,18H,8-11,14H2,1-3H3. The summed E-state index contributed by atoms with van der Waals surface area (Å²) in [6, 6.07) is 11.4.